The number of aryl methyl sites for hydroxylation is 1. The van der Waals surface area contributed by atoms with Crippen molar-refractivity contribution in [3.8, 4) is 5.75 Å². The van der Waals surface area contributed by atoms with Gasteiger partial charge in [0.1, 0.15) is 17.3 Å². The van der Waals surface area contributed by atoms with Gasteiger partial charge in [0.05, 0.1) is 13.5 Å². The molecule has 0 saturated carbocycles. The molecule has 4 rings (SSSR count). The number of nitrogens with zero attached hydrogens (tertiary/aromatic N) is 1. The fourth-order valence-corrected chi connectivity index (χ4v) is 3.62. The summed E-state index contributed by atoms with van der Waals surface area (Å²) in [4.78, 5) is 35.8. The van der Waals surface area contributed by atoms with Crippen LogP contribution in [0.25, 0.3) is 6.08 Å². The van der Waals surface area contributed by atoms with Crippen molar-refractivity contribution in [2.24, 2.45) is 0 Å². The van der Waals surface area contributed by atoms with E-state index in [0.29, 0.717) is 31.0 Å². The average Bonchev–Trinajstić information content (AvgIpc) is 3.40. The molecule has 3 heterocycles. The van der Waals surface area contributed by atoms with Crippen molar-refractivity contribution in [3.63, 3.8) is 0 Å². The third-order valence-corrected chi connectivity index (χ3v) is 5.50. The molecule has 9 heteroatoms. The summed E-state index contributed by atoms with van der Waals surface area (Å²) < 4.78 is 10.7. The maximum atomic E-state index is 11.6. The van der Waals surface area contributed by atoms with Crippen LogP contribution in [0.15, 0.2) is 46.9 Å². The number of carbonyl (C=O) groups is 3. The van der Waals surface area contributed by atoms with Crippen LogP contribution in [-0.2, 0) is 22.6 Å². The molecule has 0 radical (unpaired) electrons. The quantitative estimate of drug-likeness (QED) is 0.417. The first-order chi connectivity index (χ1) is 17.2. The number of ether oxygens (including phenoxy) is 1. The third kappa shape index (κ3) is 7.32. The number of rotatable bonds is 6. The van der Waals surface area contributed by atoms with Crippen molar-refractivity contribution < 1.29 is 23.5 Å². The summed E-state index contributed by atoms with van der Waals surface area (Å²) in [6, 6.07) is 6.38. The Bertz CT molecular complexity index is 1140. The highest BCUT2D eigenvalue weighted by atomic mass is 16.5. The number of nitrogens with one attached hydrogen (secondary N) is 3. The molecule has 0 bridgehead atoms. The lowest BCUT2D eigenvalue weighted by Crippen LogP contribution is -2.32. The van der Waals surface area contributed by atoms with E-state index in [9.17, 15) is 14.4 Å². The topological polar surface area (TPSA) is 113 Å². The minimum absolute atomic E-state index is 0.172. The average molecular weight is 497 g/mol. The highest BCUT2D eigenvalue weighted by molar-refractivity contribution is 6.04. The van der Waals surface area contributed by atoms with Crippen molar-refractivity contribution in [2.75, 3.05) is 27.7 Å². The van der Waals surface area contributed by atoms with Crippen LogP contribution in [0.5, 0.6) is 5.75 Å². The summed E-state index contributed by atoms with van der Waals surface area (Å²) in [6.07, 6.45) is 4.13. The number of carbonyl (C=O) groups excluding carboxylic acids is 3. The molecule has 2 aliphatic heterocycles. The number of urea groups is 1. The SMILES string of the molecule is C=C(/C=C\c1oc([C@@H]2NC(=O)NC2=O)cc1C)CNC.CC.COc1ccc2c(c1)CC(=O)N(C)C2. The van der Waals surface area contributed by atoms with Crippen LogP contribution in [0.4, 0.5) is 4.79 Å². The maximum absolute atomic E-state index is 11.6. The Labute approximate surface area is 212 Å². The molecule has 1 saturated heterocycles. The summed E-state index contributed by atoms with van der Waals surface area (Å²) >= 11 is 0. The fraction of sp³-hybridized carbons (Fsp3) is 0.370. The fourth-order valence-electron chi connectivity index (χ4n) is 3.62. The predicted molar refractivity (Wildman–Crippen MR) is 139 cm³/mol. The zero-order chi connectivity index (χ0) is 26.8. The lowest BCUT2D eigenvalue weighted by Gasteiger charge is -2.25. The van der Waals surface area contributed by atoms with Gasteiger partial charge in [-0.05, 0) is 60.5 Å². The Balaban J connectivity index is 0.000000250. The zero-order valence-corrected chi connectivity index (χ0v) is 21.9. The second-order valence-electron chi connectivity index (χ2n) is 8.17. The van der Waals surface area contributed by atoms with Crippen molar-refractivity contribution in [1.82, 2.24) is 20.9 Å². The van der Waals surface area contributed by atoms with E-state index in [1.165, 1.54) is 5.56 Å². The van der Waals surface area contributed by atoms with E-state index in [1.54, 1.807) is 24.2 Å². The van der Waals surface area contributed by atoms with E-state index < -0.39 is 18.0 Å². The van der Waals surface area contributed by atoms with Gasteiger partial charge in [-0.2, -0.15) is 0 Å². The molecule has 3 N–H and O–H groups in total. The molecule has 1 aromatic heterocycles. The van der Waals surface area contributed by atoms with Crippen molar-refractivity contribution in [1.29, 1.82) is 0 Å². The Morgan fingerprint density at radius 1 is 1.25 bits per heavy atom. The molecule has 0 unspecified atom stereocenters. The lowest BCUT2D eigenvalue weighted by atomic mass is 9.99. The van der Waals surface area contributed by atoms with Crippen LogP contribution in [-0.4, -0.2) is 50.5 Å². The standard InChI is InChI=1S/C14H17N3O3.C11H13NO2.C2H6/c1-8(7-15-3)4-5-10-9(2)6-11(20-10)12-13(18)17-14(19)16-12;1-12-7-8-3-4-10(14-2)5-9(8)6-11(12)13;1-2/h4-6,12,15H,1,7H2,2-3H3,(H2,16,17,18,19);3-5H,6-7H2,1-2H3;1-2H3/b5-4-;;/t12-;;/m0../s1. The minimum Gasteiger partial charge on any atom is -0.497 e. The Morgan fingerprint density at radius 2 is 1.97 bits per heavy atom. The molecule has 0 aliphatic carbocycles. The van der Waals surface area contributed by atoms with Gasteiger partial charge in [0, 0.05) is 20.1 Å². The molecule has 36 heavy (non-hydrogen) atoms. The summed E-state index contributed by atoms with van der Waals surface area (Å²) in [6.45, 7) is 11.2. The molecule has 1 atom stereocenters. The summed E-state index contributed by atoms with van der Waals surface area (Å²) in [5, 5.41) is 7.67. The van der Waals surface area contributed by atoms with Crippen LogP contribution >= 0.6 is 0 Å². The molecule has 194 valence electrons. The second kappa shape index (κ2) is 13.3. The van der Waals surface area contributed by atoms with Crippen LogP contribution in [0, 0.1) is 6.92 Å². The largest absolute Gasteiger partial charge is 0.497 e. The Morgan fingerprint density at radius 3 is 2.58 bits per heavy atom. The Kier molecular flexibility index (Phi) is 10.5. The molecule has 4 amide bonds. The number of fused-ring (bicyclic) bond motifs is 1. The van der Waals surface area contributed by atoms with Gasteiger partial charge in [-0.3, -0.25) is 14.9 Å². The van der Waals surface area contributed by atoms with Crippen LogP contribution < -0.4 is 20.7 Å². The number of imide groups is 1. The first kappa shape index (κ1) is 28.4. The lowest BCUT2D eigenvalue weighted by molar-refractivity contribution is -0.130. The van der Waals surface area contributed by atoms with Gasteiger partial charge in [0.25, 0.3) is 5.91 Å². The van der Waals surface area contributed by atoms with Gasteiger partial charge in [-0.25, -0.2) is 4.79 Å². The molecule has 0 spiro atoms. The van der Waals surface area contributed by atoms with E-state index in [4.69, 9.17) is 9.15 Å². The molecular formula is C27H36N4O5. The van der Waals surface area contributed by atoms with Crippen molar-refractivity contribution >= 4 is 23.9 Å². The zero-order valence-electron chi connectivity index (χ0n) is 21.9. The van der Waals surface area contributed by atoms with Crippen LogP contribution in [0.3, 0.4) is 0 Å². The highest BCUT2D eigenvalue weighted by Gasteiger charge is 2.33. The van der Waals surface area contributed by atoms with Gasteiger partial charge < -0.3 is 24.7 Å². The van der Waals surface area contributed by atoms with Gasteiger partial charge in [0.2, 0.25) is 5.91 Å². The monoisotopic (exact) mass is 496 g/mol. The van der Waals surface area contributed by atoms with Crippen LogP contribution in [0.1, 0.15) is 48.1 Å². The number of furan rings is 1. The van der Waals surface area contributed by atoms with E-state index in [0.717, 1.165) is 22.4 Å². The molecule has 2 aromatic rings. The van der Waals surface area contributed by atoms with E-state index in [2.05, 4.69) is 22.5 Å². The molecule has 1 fully saturated rings. The number of benzene rings is 1. The van der Waals surface area contributed by atoms with Gasteiger partial charge in [0.15, 0.2) is 6.04 Å². The van der Waals surface area contributed by atoms with E-state index in [1.807, 2.05) is 59.1 Å². The number of likely N-dealkylation sites (N-methyl/N-ethyl adjacent to an activating group) is 2. The molecule has 2 aliphatic rings. The van der Waals surface area contributed by atoms with Crippen molar-refractivity contribution in [2.45, 2.75) is 39.8 Å². The normalized spacial score (nSPS) is 16.3. The van der Waals surface area contributed by atoms with Crippen molar-refractivity contribution in [3.05, 3.63) is 70.7 Å². The third-order valence-electron chi connectivity index (χ3n) is 5.50. The maximum Gasteiger partial charge on any atom is 0.322 e. The highest BCUT2D eigenvalue weighted by Crippen LogP contribution is 2.25. The first-order valence-electron chi connectivity index (χ1n) is 11.8. The number of amides is 4. The predicted octanol–water partition coefficient (Wildman–Crippen LogP) is 3.49. The molecular weight excluding hydrogens is 460 g/mol. The Hall–Kier alpha value is -3.85. The second-order valence-corrected chi connectivity index (χ2v) is 8.17. The number of methoxy groups -OCH3 is 1. The summed E-state index contributed by atoms with van der Waals surface area (Å²) in [7, 11) is 5.31. The summed E-state index contributed by atoms with van der Waals surface area (Å²) in [5.74, 6) is 1.65. The van der Waals surface area contributed by atoms with Gasteiger partial charge in [-0.1, -0.05) is 32.6 Å². The molecule has 9 nitrogen and oxygen atoms in total. The van der Waals surface area contributed by atoms with Gasteiger partial charge in [-0.15, -0.1) is 0 Å². The molecule has 1 aromatic carbocycles. The van der Waals surface area contributed by atoms with Crippen LogP contribution in [0.2, 0.25) is 0 Å². The first-order valence-corrected chi connectivity index (χ1v) is 11.8. The van der Waals surface area contributed by atoms with Gasteiger partial charge >= 0.3 is 6.03 Å². The number of hydrogen-bond acceptors (Lipinski definition) is 6. The smallest absolute Gasteiger partial charge is 0.322 e. The number of hydrogen-bond donors (Lipinski definition) is 3. The van der Waals surface area contributed by atoms with E-state index in [-0.39, 0.29) is 5.91 Å². The minimum atomic E-state index is -0.760. The summed E-state index contributed by atoms with van der Waals surface area (Å²) in [5.41, 5.74) is 4.11. The van der Waals surface area contributed by atoms with E-state index >= 15 is 0 Å².